The molecular formula is C11H15ClN2O2. The Bertz CT molecular complexity index is 332. The highest BCUT2D eigenvalue weighted by Gasteiger charge is 2.09. The predicted molar refractivity (Wildman–Crippen MR) is 62.7 cm³/mol. The highest BCUT2D eigenvalue weighted by molar-refractivity contribution is 6.20. The lowest BCUT2D eigenvalue weighted by molar-refractivity contribution is 0.155. The third-order valence-corrected chi connectivity index (χ3v) is 2.79. The Balaban J connectivity index is 2.31. The maximum Gasteiger partial charge on any atom is 0.407 e. The number of pyridine rings is 1. The van der Waals surface area contributed by atoms with Crippen molar-refractivity contribution in [1.29, 1.82) is 0 Å². The first-order chi connectivity index (χ1) is 7.61. The molecule has 1 amide bonds. The topological polar surface area (TPSA) is 53.4 Å². The monoisotopic (exact) mass is 242 g/mol. The lowest BCUT2D eigenvalue weighted by Gasteiger charge is -2.14. The van der Waals surface area contributed by atoms with E-state index < -0.39 is 6.09 Å². The van der Waals surface area contributed by atoms with Crippen molar-refractivity contribution in [3.63, 3.8) is 0 Å². The number of rotatable bonds is 5. The summed E-state index contributed by atoms with van der Waals surface area (Å²) in [5, 5.41) is 8.55. The second-order valence-electron chi connectivity index (χ2n) is 3.60. The fourth-order valence-corrected chi connectivity index (χ4v) is 1.61. The van der Waals surface area contributed by atoms with Gasteiger partial charge in [0.25, 0.3) is 0 Å². The van der Waals surface area contributed by atoms with Crippen molar-refractivity contribution in [1.82, 2.24) is 9.88 Å². The van der Waals surface area contributed by atoms with Gasteiger partial charge in [0.1, 0.15) is 0 Å². The van der Waals surface area contributed by atoms with Gasteiger partial charge in [-0.05, 0) is 24.5 Å². The van der Waals surface area contributed by atoms with Crippen molar-refractivity contribution in [3.8, 4) is 0 Å². The largest absolute Gasteiger partial charge is 0.465 e. The average molecular weight is 243 g/mol. The Morgan fingerprint density at radius 1 is 1.69 bits per heavy atom. The van der Waals surface area contributed by atoms with E-state index in [9.17, 15) is 4.79 Å². The summed E-state index contributed by atoms with van der Waals surface area (Å²) in [6.07, 6.45) is 4.01. The maximum absolute atomic E-state index is 10.5. The molecule has 0 aromatic carbocycles. The normalized spacial score (nSPS) is 12.1. The van der Waals surface area contributed by atoms with Gasteiger partial charge >= 0.3 is 6.09 Å². The van der Waals surface area contributed by atoms with Gasteiger partial charge in [-0.15, -0.1) is 11.6 Å². The van der Waals surface area contributed by atoms with E-state index in [0.717, 1.165) is 18.4 Å². The van der Waals surface area contributed by atoms with E-state index in [-0.39, 0.29) is 5.38 Å². The van der Waals surface area contributed by atoms with Gasteiger partial charge in [-0.25, -0.2) is 4.79 Å². The first kappa shape index (κ1) is 12.8. The van der Waals surface area contributed by atoms with Crippen LogP contribution in [0.15, 0.2) is 24.5 Å². The number of halogens is 1. The van der Waals surface area contributed by atoms with Crippen molar-refractivity contribution in [2.75, 3.05) is 13.6 Å². The molecule has 4 nitrogen and oxygen atoms in total. The minimum atomic E-state index is -0.910. The average Bonchev–Trinajstić information content (AvgIpc) is 2.29. The lowest BCUT2D eigenvalue weighted by Crippen LogP contribution is -2.25. The Labute approximate surface area is 99.9 Å². The molecule has 1 rings (SSSR count). The zero-order chi connectivity index (χ0) is 12.0. The van der Waals surface area contributed by atoms with Crippen LogP contribution in [0.4, 0.5) is 4.79 Å². The summed E-state index contributed by atoms with van der Waals surface area (Å²) < 4.78 is 0. The van der Waals surface area contributed by atoms with Gasteiger partial charge in [0.05, 0.1) is 5.38 Å². The molecule has 0 fully saturated rings. The summed E-state index contributed by atoms with van der Waals surface area (Å²) >= 11 is 6.16. The van der Waals surface area contributed by atoms with Crippen LogP contribution >= 0.6 is 11.6 Å². The van der Waals surface area contributed by atoms with E-state index >= 15 is 0 Å². The molecule has 5 heteroatoms. The molecule has 0 aliphatic carbocycles. The van der Waals surface area contributed by atoms with Gasteiger partial charge in [-0.2, -0.15) is 0 Å². The molecule has 1 aromatic heterocycles. The summed E-state index contributed by atoms with van der Waals surface area (Å²) in [6, 6.07) is 3.76. The van der Waals surface area contributed by atoms with Crippen molar-refractivity contribution >= 4 is 17.7 Å². The fourth-order valence-electron chi connectivity index (χ4n) is 1.33. The molecule has 0 saturated heterocycles. The van der Waals surface area contributed by atoms with Crippen LogP contribution in [-0.2, 0) is 0 Å². The van der Waals surface area contributed by atoms with E-state index in [4.69, 9.17) is 16.7 Å². The molecule has 0 saturated carbocycles. The molecule has 0 spiro atoms. The smallest absolute Gasteiger partial charge is 0.407 e. The third kappa shape index (κ3) is 4.06. The van der Waals surface area contributed by atoms with Crippen LogP contribution < -0.4 is 0 Å². The highest BCUT2D eigenvalue weighted by Crippen LogP contribution is 2.24. The Morgan fingerprint density at radius 3 is 3.00 bits per heavy atom. The summed E-state index contributed by atoms with van der Waals surface area (Å²) in [4.78, 5) is 15.8. The molecular weight excluding hydrogens is 228 g/mol. The van der Waals surface area contributed by atoms with Crippen LogP contribution in [0, 0.1) is 0 Å². The Kier molecular flexibility index (Phi) is 5.05. The number of carboxylic acid groups (broad SMARTS) is 1. The minimum Gasteiger partial charge on any atom is -0.465 e. The van der Waals surface area contributed by atoms with Crippen LogP contribution in [0.3, 0.4) is 0 Å². The second kappa shape index (κ2) is 6.33. The number of aromatic nitrogens is 1. The predicted octanol–water partition coefficient (Wildman–Crippen LogP) is 2.75. The molecule has 0 aliphatic heterocycles. The molecule has 0 aliphatic rings. The van der Waals surface area contributed by atoms with Crippen LogP contribution in [0.1, 0.15) is 23.8 Å². The molecule has 1 unspecified atom stereocenters. The number of alkyl halides is 1. The van der Waals surface area contributed by atoms with Gasteiger partial charge in [-0.1, -0.05) is 6.07 Å². The maximum atomic E-state index is 10.5. The summed E-state index contributed by atoms with van der Waals surface area (Å²) in [7, 11) is 1.55. The Hall–Kier alpha value is -1.29. The standard InChI is InChI=1S/C11H15ClN2O2/c1-14(11(15)16)7-3-5-10(12)9-4-2-6-13-8-9/h2,4,6,8,10H,3,5,7H2,1H3,(H,15,16). The molecule has 1 atom stereocenters. The molecule has 1 N–H and O–H groups in total. The van der Waals surface area contributed by atoms with Crippen molar-refractivity contribution in [2.45, 2.75) is 18.2 Å². The summed E-state index contributed by atoms with van der Waals surface area (Å²) in [5.41, 5.74) is 0.974. The van der Waals surface area contributed by atoms with E-state index in [2.05, 4.69) is 4.98 Å². The van der Waals surface area contributed by atoms with Gasteiger partial charge in [0, 0.05) is 26.0 Å². The van der Waals surface area contributed by atoms with Crippen molar-refractivity contribution in [2.24, 2.45) is 0 Å². The van der Waals surface area contributed by atoms with Crippen LogP contribution in [0.2, 0.25) is 0 Å². The van der Waals surface area contributed by atoms with Gasteiger partial charge in [-0.3, -0.25) is 4.98 Å². The number of hydrogen-bond acceptors (Lipinski definition) is 2. The number of carbonyl (C=O) groups is 1. The van der Waals surface area contributed by atoms with Crippen LogP contribution in [0.5, 0.6) is 0 Å². The summed E-state index contributed by atoms with van der Waals surface area (Å²) in [6.45, 7) is 0.499. The van der Waals surface area contributed by atoms with Crippen molar-refractivity contribution in [3.05, 3.63) is 30.1 Å². The second-order valence-corrected chi connectivity index (χ2v) is 4.13. The number of amides is 1. The van der Waals surface area contributed by atoms with Gasteiger partial charge < -0.3 is 10.0 Å². The van der Waals surface area contributed by atoms with Gasteiger partial charge in [0.15, 0.2) is 0 Å². The highest BCUT2D eigenvalue weighted by atomic mass is 35.5. The zero-order valence-electron chi connectivity index (χ0n) is 9.14. The quantitative estimate of drug-likeness (QED) is 0.808. The SMILES string of the molecule is CN(CCCC(Cl)c1cccnc1)C(=O)O. The molecule has 16 heavy (non-hydrogen) atoms. The Morgan fingerprint density at radius 2 is 2.44 bits per heavy atom. The minimum absolute atomic E-state index is 0.101. The van der Waals surface area contributed by atoms with Crippen LogP contribution in [0.25, 0.3) is 0 Å². The van der Waals surface area contributed by atoms with Crippen LogP contribution in [-0.4, -0.2) is 34.7 Å². The van der Waals surface area contributed by atoms with E-state index in [1.54, 1.807) is 19.4 Å². The molecule has 0 radical (unpaired) electrons. The number of nitrogens with zero attached hydrogens (tertiary/aromatic N) is 2. The number of hydrogen-bond donors (Lipinski definition) is 1. The first-order valence-electron chi connectivity index (χ1n) is 5.09. The fraction of sp³-hybridized carbons (Fsp3) is 0.455. The molecule has 1 aromatic rings. The molecule has 1 heterocycles. The van der Waals surface area contributed by atoms with E-state index in [0.29, 0.717) is 6.54 Å². The van der Waals surface area contributed by atoms with Gasteiger partial charge in [0.2, 0.25) is 0 Å². The molecule has 0 bridgehead atoms. The third-order valence-electron chi connectivity index (χ3n) is 2.32. The first-order valence-corrected chi connectivity index (χ1v) is 5.53. The summed E-state index contributed by atoms with van der Waals surface area (Å²) in [5.74, 6) is 0. The lowest BCUT2D eigenvalue weighted by atomic mass is 10.1. The molecule has 88 valence electrons. The van der Waals surface area contributed by atoms with E-state index in [1.807, 2.05) is 12.1 Å². The van der Waals surface area contributed by atoms with Crippen molar-refractivity contribution < 1.29 is 9.90 Å². The van der Waals surface area contributed by atoms with E-state index in [1.165, 1.54) is 4.90 Å². The zero-order valence-corrected chi connectivity index (χ0v) is 9.89.